The van der Waals surface area contributed by atoms with Crippen LogP contribution in [-0.2, 0) is 13.0 Å². The standard InChI is InChI=1S/C21H29N3O3/c1-5-22-21(23-13-12-16-6-9-18(25-2)10-7-16)24-15-17-8-11-19(26-3)14-20(17)27-4/h6-11,14H,5,12-13,15H2,1-4H3,(H2,22,23,24). The number of ether oxygens (including phenoxy) is 3. The van der Waals surface area contributed by atoms with Crippen molar-refractivity contribution < 1.29 is 14.2 Å². The number of aliphatic imine (C=N–C) groups is 1. The monoisotopic (exact) mass is 371 g/mol. The van der Waals surface area contributed by atoms with Crippen LogP contribution in [0, 0.1) is 0 Å². The van der Waals surface area contributed by atoms with E-state index in [9.17, 15) is 0 Å². The zero-order valence-electron chi connectivity index (χ0n) is 16.5. The molecule has 0 atom stereocenters. The molecule has 6 heteroatoms. The molecule has 0 amide bonds. The summed E-state index contributed by atoms with van der Waals surface area (Å²) in [4.78, 5) is 4.66. The third-order valence-corrected chi connectivity index (χ3v) is 4.11. The van der Waals surface area contributed by atoms with E-state index in [4.69, 9.17) is 14.2 Å². The van der Waals surface area contributed by atoms with Gasteiger partial charge in [-0.3, -0.25) is 0 Å². The van der Waals surface area contributed by atoms with Gasteiger partial charge >= 0.3 is 0 Å². The summed E-state index contributed by atoms with van der Waals surface area (Å²) < 4.78 is 15.9. The molecule has 146 valence electrons. The van der Waals surface area contributed by atoms with Crippen LogP contribution in [0.2, 0.25) is 0 Å². The first-order valence-electron chi connectivity index (χ1n) is 9.06. The number of nitrogens with zero attached hydrogens (tertiary/aromatic N) is 1. The van der Waals surface area contributed by atoms with Crippen LogP contribution in [0.15, 0.2) is 47.5 Å². The van der Waals surface area contributed by atoms with E-state index >= 15 is 0 Å². The Balaban J connectivity index is 1.95. The lowest BCUT2D eigenvalue weighted by atomic mass is 10.1. The van der Waals surface area contributed by atoms with Crippen LogP contribution >= 0.6 is 0 Å². The Hall–Kier alpha value is -2.89. The fourth-order valence-electron chi connectivity index (χ4n) is 2.61. The third kappa shape index (κ3) is 6.40. The van der Waals surface area contributed by atoms with Gasteiger partial charge < -0.3 is 24.8 Å². The van der Waals surface area contributed by atoms with E-state index in [-0.39, 0.29) is 0 Å². The largest absolute Gasteiger partial charge is 0.497 e. The van der Waals surface area contributed by atoms with E-state index < -0.39 is 0 Å². The molecule has 0 spiro atoms. The van der Waals surface area contributed by atoms with E-state index in [2.05, 4.69) is 34.7 Å². The molecule has 0 bridgehead atoms. The second-order valence-electron chi connectivity index (χ2n) is 5.90. The number of hydrogen-bond acceptors (Lipinski definition) is 4. The quantitative estimate of drug-likeness (QED) is 0.524. The van der Waals surface area contributed by atoms with Gasteiger partial charge in [0.25, 0.3) is 0 Å². The molecule has 0 aliphatic heterocycles. The lowest BCUT2D eigenvalue weighted by molar-refractivity contribution is 0.391. The van der Waals surface area contributed by atoms with Gasteiger partial charge in [0.05, 0.1) is 27.9 Å². The van der Waals surface area contributed by atoms with Gasteiger partial charge in [0.15, 0.2) is 5.96 Å². The lowest BCUT2D eigenvalue weighted by Gasteiger charge is -2.13. The zero-order valence-corrected chi connectivity index (χ0v) is 16.5. The Morgan fingerprint density at radius 1 is 0.889 bits per heavy atom. The van der Waals surface area contributed by atoms with Crippen LogP contribution in [0.4, 0.5) is 0 Å². The number of hydrogen-bond donors (Lipinski definition) is 2. The third-order valence-electron chi connectivity index (χ3n) is 4.11. The van der Waals surface area contributed by atoms with Crippen molar-refractivity contribution >= 4 is 5.96 Å². The van der Waals surface area contributed by atoms with Crippen molar-refractivity contribution in [2.45, 2.75) is 19.9 Å². The summed E-state index contributed by atoms with van der Waals surface area (Å²) in [5.41, 5.74) is 2.25. The minimum atomic E-state index is 0.519. The molecule has 0 unspecified atom stereocenters. The first kappa shape index (κ1) is 20.4. The minimum absolute atomic E-state index is 0.519. The second kappa shape index (κ2) is 11.0. The fourth-order valence-corrected chi connectivity index (χ4v) is 2.61. The maximum atomic E-state index is 5.44. The first-order chi connectivity index (χ1) is 13.2. The van der Waals surface area contributed by atoms with E-state index in [0.717, 1.165) is 48.3 Å². The van der Waals surface area contributed by atoms with Gasteiger partial charge in [0.1, 0.15) is 17.2 Å². The fraction of sp³-hybridized carbons (Fsp3) is 0.381. The number of guanidine groups is 1. The summed E-state index contributed by atoms with van der Waals surface area (Å²) in [6.07, 6.45) is 0.903. The minimum Gasteiger partial charge on any atom is -0.497 e. The van der Waals surface area contributed by atoms with Crippen molar-refractivity contribution in [2.24, 2.45) is 4.99 Å². The van der Waals surface area contributed by atoms with E-state index in [1.165, 1.54) is 5.56 Å². The van der Waals surface area contributed by atoms with E-state index in [0.29, 0.717) is 6.54 Å². The molecular weight excluding hydrogens is 342 g/mol. The Bertz CT molecular complexity index is 730. The normalized spacial score (nSPS) is 11.0. The first-order valence-corrected chi connectivity index (χ1v) is 9.06. The van der Waals surface area contributed by atoms with Crippen LogP contribution in [0.3, 0.4) is 0 Å². The maximum Gasteiger partial charge on any atom is 0.191 e. The van der Waals surface area contributed by atoms with Gasteiger partial charge in [0.2, 0.25) is 0 Å². The molecule has 0 saturated carbocycles. The van der Waals surface area contributed by atoms with Gasteiger partial charge in [-0.15, -0.1) is 0 Å². The van der Waals surface area contributed by atoms with Crippen molar-refractivity contribution in [1.82, 2.24) is 10.6 Å². The highest BCUT2D eigenvalue weighted by atomic mass is 16.5. The smallest absolute Gasteiger partial charge is 0.191 e. The lowest BCUT2D eigenvalue weighted by Crippen LogP contribution is -2.38. The van der Waals surface area contributed by atoms with Crippen molar-refractivity contribution in [1.29, 1.82) is 0 Å². The number of rotatable bonds is 9. The van der Waals surface area contributed by atoms with Gasteiger partial charge in [-0.1, -0.05) is 12.1 Å². The van der Waals surface area contributed by atoms with Crippen LogP contribution in [0.1, 0.15) is 18.1 Å². The van der Waals surface area contributed by atoms with Crippen molar-refractivity contribution in [3.05, 3.63) is 53.6 Å². The molecule has 2 N–H and O–H groups in total. The van der Waals surface area contributed by atoms with Gasteiger partial charge in [0, 0.05) is 24.7 Å². The number of nitrogens with one attached hydrogen (secondary N) is 2. The maximum absolute atomic E-state index is 5.44. The van der Waals surface area contributed by atoms with Crippen LogP contribution in [-0.4, -0.2) is 40.4 Å². The van der Waals surface area contributed by atoms with Crippen molar-refractivity contribution in [3.63, 3.8) is 0 Å². The van der Waals surface area contributed by atoms with Crippen LogP contribution in [0.5, 0.6) is 17.2 Å². The number of methoxy groups -OCH3 is 3. The Kier molecular flexibility index (Phi) is 8.29. The summed E-state index contributed by atoms with van der Waals surface area (Å²) in [6, 6.07) is 13.9. The van der Waals surface area contributed by atoms with Gasteiger partial charge in [-0.05, 0) is 43.2 Å². The van der Waals surface area contributed by atoms with Gasteiger partial charge in [-0.25, -0.2) is 4.99 Å². The summed E-state index contributed by atoms with van der Waals surface area (Å²) in [5, 5.41) is 6.64. The van der Waals surface area contributed by atoms with Crippen LogP contribution in [0.25, 0.3) is 0 Å². The van der Waals surface area contributed by atoms with Crippen molar-refractivity contribution in [3.8, 4) is 17.2 Å². The summed E-state index contributed by atoms with van der Waals surface area (Å²) >= 11 is 0. The summed E-state index contributed by atoms with van der Waals surface area (Å²) in [7, 11) is 4.97. The Labute approximate surface area is 161 Å². The van der Waals surface area contributed by atoms with Crippen molar-refractivity contribution in [2.75, 3.05) is 34.4 Å². The molecule has 0 heterocycles. The predicted octanol–water partition coefficient (Wildman–Crippen LogP) is 3.01. The molecule has 0 aliphatic carbocycles. The predicted molar refractivity (Wildman–Crippen MR) is 109 cm³/mol. The molecular formula is C21H29N3O3. The molecule has 27 heavy (non-hydrogen) atoms. The zero-order chi connectivity index (χ0) is 19.5. The molecule has 0 aromatic heterocycles. The second-order valence-corrected chi connectivity index (χ2v) is 5.90. The molecule has 0 radical (unpaired) electrons. The topological polar surface area (TPSA) is 64.1 Å². The molecule has 0 fully saturated rings. The highest BCUT2D eigenvalue weighted by molar-refractivity contribution is 5.79. The van der Waals surface area contributed by atoms with Crippen LogP contribution < -0.4 is 24.8 Å². The molecule has 6 nitrogen and oxygen atoms in total. The molecule has 0 saturated heterocycles. The molecule has 2 aromatic carbocycles. The molecule has 2 rings (SSSR count). The molecule has 2 aromatic rings. The number of benzene rings is 2. The Morgan fingerprint density at radius 2 is 1.59 bits per heavy atom. The van der Waals surface area contributed by atoms with E-state index in [1.54, 1.807) is 21.3 Å². The summed E-state index contributed by atoms with van der Waals surface area (Å²) in [6.45, 7) is 4.16. The summed E-state index contributed by atoms with van der Waals surface area (Å²) in [5.74, 6) is 3.19. The average molecular weight is 371 g/mol. The van der Waals surface area contributed by atoms with E-state index in [1.807, 2.05) is 30.3 Å². The molecule has 0 aliphatic rings. The highest BCUT2D eigenvalue weighted by Crippen LogP contribution is 2.25. The van der Waals surface area contributed by atoms with Gasteiger partial charge in [-0.2, -0.15) is 0 Å². The average Bonchev–Trinajstić information content (AvgIpc) is 2.72. The highest BCUT2D eigenvalue weighted by Gasteiger charge is 2.05. The Morgan fingerprint density at radius 3 is 2.22 bits per heavy atom. The SMILES string of the molecule is CCNC(=NCc1ccc(OC)cc1OC)NCCc1ccc(OC)cc1.